The van der Waals surface area contributed by atoms with Crippen LogP contribution in [0.2, 0.25) is 15.1 Å². The molecule has 1 fully saturated rings. The monoisotopic (exact) mass is 588 g/mol. The molecule has 1 heterocycles. The van der Waals surface area contributed by atoms with E-state index in [-0.39, 0.29) is 5.91 Å². The van der Waals surface area contributed by atoms with Gasteiger partial charge in [0, 0.05) is 10.0 Å². The molecule has 0 aromatic heterocycles. The number of ether oxygens (including phenoxy) is 2. The largest absolute Gasteiger partial charge is 0.493 e. The van der Waals surface area contributed by atoms with Crippen molar-refractivity contribution in [2.75, 3.05) is 18.6 Å². The number of rotatable bonds is 10. The van der Waals surface area contributed by atoms with Crippen molar-refractivity contribution in [3.63, 3.8) is 0 Å². The van der Waals surface area contributed by atoms with E-state index < -0.39 is 0 Å². The molecule has 0 saturated carbocycles. The number of amidine groups is 1. The van der Waals surface area contributed by atoms with Gasteiger partial charge in [0.25, 0.3) is 5.91 Å². The fourth-order valence-electron chi connectivity index (χ4n) is 3.81. The molecule has 0 aliphatic carbocycles. The third-order valence-electron chi connectivity index (χ3n) is 5.74. The molecule has 3 aromatic carbocycles. The summed E-state index contributed by atoms with van der Waals surface area (Å²) in [5.74, 6) is 0.808. The first-order valence-corrected chi connectivity index (χ1v) is 14.2. The second-order valence-corrected chi connectivity index (χ2v) is 10.8. The van der Waals surface area contributed by atoms with Crippen LogP contribution in [0.1, 0.15) is 38.2 Å². The van der Waals surface area contributed by atoms with Gasteiger partial charge in [0.1, 0.15) is 0 Å². The summed E-state index contributed by atoms with van der Waals surface area (Å²) in [7, 11) is 1.57. The summed E-state index contributed by atoms with van der Waals surface area (Å²) in [6, 6.07) is 17.7. The molecule has 0 spiro atoms. The van der Waals surface area contributed by atoms with E-state index in [4.69, 9.17) is 49.3 Å². The fraction of sp³-hybridized carbons (Fsp3) is 0.241. The molecule has 1 amide bonds. The lowest BCUT2D eigenvalue weighted by Crippen LogP contribution is -2.28. The summed E-state index contributed by atoms with van der Waals surface area (Å²) in [5, 5.41) is 2.12. The Morgan fingerprint density at radius 3 is 2.29 bits per heavy atom. The van der Waals surface area contributed by atoms with Gasteiger partial charge in [-0.1, -0.05) is 61.0 Å². The zero-order valence-corrected chi connectivity index (χ0v) is 24.1. The Balaban J connectivity index is 1.65. The first-order chi connectivity index (χ1) is 18.4. The number of hydrogen-bond donors (Lipinski definition) is 0. The van der Waals surface area contributed by atoms with Crippen LogP contribution in [0.4, 0.5) is 11.4 Å². The minimum absolute atomic E-state index is 0.212. The molecule has 0 N–H and O–H groups in total. The van der Waals surface area contributed by atoms with Gasteiger partial charge < -0.3 is 9.47 Å². The molecule has 38 heavy (non-hydrogen) atoms. The van der Waals surface area contributed by atoms with E-state index in [9.17, 15) is 4.79 Å². The third kappa shape index (κ3) is 7.06. The number of halogens is 3. The van der Waals surface area contributed by atoms with Crippen LogP contribution in [0, 0.1) is 0 Å². The molecule has 3 aromatic rings. The van der Waals surface area contributed by atoms with Gasteiger partial charge >= 0.3 is 0 Å². The Bertz CT molecular complexity index is 1340. The number of amides is 1. The van der Waals surface area contributed by atoms with Crippen LogP contribution in [0.5, 0.6) is 11.5 Å². The molecule has 0 radical (unpaired) electrons. The van der Waals surface area contributed by atoms with Gasteiger partial charge in [0.15, 0.2) is 16.7 Å². The maximum atomic E-state index is 13.6. The number of unbranched alkanes of at least 4 members (excludes halogenated alkanes) is 3. The van der Waals surface area contributed by atoms with Crippen molar-refractivity contribution < 1.29 is 14.3 Å². The molecule has 0 atom stereocenters. The highest BCUT2D eigenvalue weighted by atomic mass is 35.5. The van der Waals surface area contributed by atoms with Gasteiger partial charge in [-0.15, -0.1) is 0 Å². The van der Waals surface area contributed by atoms with Crippen molar-refractivity contribution in [1.82, 2.24) is 0 Å². The number of nitrogens with zero attached hydrogens (tertiary/aromatic N) is 2. The van der Waals surface area contributed by atoms with E-state index in [0.29, 0.717) is 60.2 Å². The molecule has 5 nitrogen and oxygen atoms in total. The zero-order chi connectivity index (χ0) is 27.1. The molecule has 1 saturated heterocycles. The summed E-state index contributed by atoms with van der Waals surface area (Å²) in [5.41, 5.74) is 2.05. The molecular formula is C29H27Cl3N2O3S. The predicted octanol–water partition coefficient (Wildman–Crippen LogP) is 9.42. The smallest absolute Gasteiger partial charge is 0.271 e. The second-order valence-electron chi connectivity index (χ2n) is 8.54. The quantitative estimate of drug-likeness (QED) is 0.175. The molecular weight excluding hydrogens is 563 g/mol. The minimum atomic E-state index is -0.212. The Hall–Kier alpha value is -2.64. The van der Waals surface area contributed by atoms with Crippen LogP contribution in [0.25, 0.3) is 6.08 Å². The first kappa shape index (κ1) is 28.4. The molecule has 4 rings (SSSR count). The molecule has 9 heteroatoms. The number of thioether (sulfide) groups is 1. The number of carbonyl (C=O) groups is 1. The zero-order valence-electron chi connectivity index (χ0n) is 21.0. The Morgan fingerprint density at radius 1 is 0.947 bits per heavy atom. The SMILES string of the molecule is CCCCCCOc1c(Cl)cc(/C=C2/SC(=Nc3ccc(Cl)cc3)N(c3ccc(Cl)cc3)C2=O)cc1OC. The number of hydrogen-bond acceptors (Lipinski definition) is 5. The molecule has 1 aliphatic heterocycles. The average Bonchev–Trinajstić information content (AvgIpc) is 3.20. The summed E-state index contributed by atoms with van der Waals surface area (Å²) in [4.78, 5) is 20.4. The van der Waals surface area contributed by atoms with Crippen molar-refractivity contribution in [3.05, 3.63) is 86.2 Å². The summed E-state index contributed by atoms with van der Waals surface area (Å²) >= 11 is 20.0. The second kappa shape index (κ2) is 13.4. The lowest BCUT2D eigenvalue weighted by atomic mass is 10.1. The number of carbonyl (C=O) groups excluding carboxylic acids is 1. The number of anilines is 1. The highest BCUT2D eigenvalue weighted by Gasteiger charge is 2.35. The summed E-state index contributed by atoms with van der Waals surface area (Å²) in [6.45, 7) is 2.73. The van der Waals surface area contributed by atoms with Crippen molar-refractivity contribution >= 4 is 75.1 Å². The van der Waals surface area contributed by atoms with E-state index in [2.05, 4.69) is 6.92 Å². The summed E-state index contributed by atoms with van der Waals surface area (Å²) in [6.07, 6.45) is 6.15. The molecule has 0 bridgehead atoms. The predicted molar refractivity (Wildman–Crippen MR) is 161 cm³/mol. The minimum Gasteiger partial charge on any atom is -0.493 e. The van der Waals surface area contributed by atoms with Gasteiger partial charge in [-0.2, -0.15) is 0 Å². The van der Waals surface area contributed by atoms with E-state index in [0.717, 1.165) is 19.3 Å². The van der Waals surface area contributed by atoms with E-state index in [1.807, 2.05) is 6.07 Å². The van der Waals surface area contributed by atoms with Crippen molar-refractivity contribution in [2.45, 2.75) is 32.6 Å². The maximum Gasteiger partial charge on any atom is 0.271 e. The summed E-state index contributed by atoms with van der Waals surface area (Å²) < 4.78 is 11.5. The Labute approximate surface area is 242 Å². The Kier molecular flexibility index (Phi) is 10.0. The molecule has 198 valence electrons. The maximum absolute atomic E-state index is 13.6. The van der Waals surface area contributed by atoms with Gasteiger partial charge in [0.2, 0.25) is 0 Å². The molecule has 1 aliphatic rings. The van der Waals surface area contributed by atoms with E-state index >= 15 is 0 Å². The van der Waals surface area contributed by atoms with E-state index in [1.54, 1.807) is 72.7 Å². The Morgan fingerprint density at radius 2 is 1.63 bits per heavy atom. The highest BCUT2D eigenvalue weighted by molar-refractivity contribution is 8.19. The topological polar surface area (TPSA) is 51.1 Å². The number of methoxy groups -OCH3 is 1. The third-order valence-corrected chi connectivity index (χ3v) is 7.49. The van der Waals surface area contributed by atoms with Crippen molar-refractivity contribution in [1.29, 1.82) is 0 Å². The number of benzene rings is 3. The van der Waals surface area contributed by atoms with Crippen LogP contribution in [-0.4, -0.2) is 24.8 Å². The number of aliphatic imine (C=N–C) groups is 1. The van der Waals surface area contributed by atoms with Crippen LogP contribution < -0.4 is 14.4 Å². The molecule has 0 unspecified atom stereocenters. The van der Waals surface area contributed by atoms with Gasteiger partial charge in [0.05, 0.1) is 35.0 Å². The lowest BCUT2D eigenvalue weighted by molar-refractivity contribution is -0.113. The van der Waals surface area contributed by atoms with Crippen LogP contribution in [0.15, 0.2) is 70.6 Å². The highest BCUT2D eigenvalue weighted by Crippen LogP contribution is 2.41. The van der Waals surface area contributed by atoms with Crippen LogP contribution >= 0.6 is 46.6 Å². The normalized spacial score (nSPS) is 15.5. The van der Waals surface area contributed by atoms with Gasteiger partial charge in [-0.3, -0.25) is 9.69 Å². The van der Waals surface area contributed by atoms with E-state index in [1.165, 1.54) is 18.2 Å². The van der Waals surface area contributed by atoms with Crippen LogP contribution in [0.3, 0.4) is 0 Å². The lowest BCUT2D eigenvalue weighted by Gasteiger charge is -2.15. The van der Waals surface area contributed by atoms with Crippen molar-refractivity contribution in [2.24, 2.45) is 4.99 Å². The standard InChI is InChI=1S/C29H27Cl3N2O3S/c1-3-4-5-6-15-37-27-24(32)16-19(17-25(27)36-2)18-26-28(35)34(23-13-9-21(31)10-14-23)29(38-26)33-22-11-7-20(30)8-12-22/h7-14,16-18H,3-6,15H2,1-2H3/b26-18+,33-29?. The average molecular weight is 590 g/mol. The fourth-order valence-corrected chi connectivity index (χ4v) is 5.34. The van der Waals surface area contributed by atoms with Gasteiger partial charge in [-0.05, 0) is 90.5 Å². The van der Waals surface area contributed by atoms with Gasteiger partial charge in [-0.25, -0.2) is 4.99 Å². The van der Waals surface area contributed by atoms with Crippen molar-refractivity contribution in [3.8, 4) is 11.5 Å². The first-order valence-electron chi connectivity index (χ1n) is 12.2. The van der Waals surface area contributed by atoms with Crippen LogP contribution in [-0.2, 0) is 4.79 Å².